The van der Waals surface area contributed by atoms with E-state index in [9.17, 15) is 4.39 Å². The van der Waals surface area contributed by atoms with Gasteiger partial charge < -0.3 is 4.74 Å². The minimum absolute atomic E-state index is 0.0596. The predicted molar refractivity (Wildman–Crippen MR) is 71.9 cm³/mol. The molecule has 3 N–H and O–H groups in total. The SMILES string of the molecule is CCOC(CC)C(Cc1c(F)cccc1Cl)NN. The zero-order valence-corrected chi connectivity index (χ0v) is 11.5. The van der Waals surface area contributed by atoms with E-state index in [4.69, 9.17) is 22.2 Å². The zero-order chi connectivity index (χ0) is 13.5. The van der Waals surface area contributed by atoms with E-state index in [2.05, 4.69) is 5.43 Å². The summed E-state index contributed by atoms with van der Waals surface area (Å²) in [5.41, 5.74) is 3.16. The van der Waals surface area contributed by atoms with E-state index < -0.39 is 0 Å². The standard InChI is InChI=1S/C13H20ClFN2O/c1-3-13(18-4-2)12(17-16)8-9-10(14)6-5-7-11(9)15/h5-7,12-13,17H,3-4,8,16H2,1-2H3. The first-order valence-electron chi connectivity index (χ1n) is 6.14. The van der Waals surface area contributed by atoms with Gasteiger partial charge in [-0.25, -0.2) is 4.39 Å². The molecule has 3 nitrogen and oxygen atoms in total. The van der Waals surface area contributed by atoms with E-state index in [0.717, 1.165) is 6.42 Å². The summed E-state index contributed by atoms with van der Waals surface area (Å²) in [5.74, 6) is 5.22. The van der Waals surface area contributed by atoms with E-state index in [0.29, 0.717) is 23.6 Å². The van der Waals surface area contributed by atoms with Crippen molar-refractivity contribution in [1.29, 1.82) is 0 Å². The fourth-order valence-electron chi connectivity index (χ4n) is 1.98. The lowest BCUT2D eigenvalue weighted by atomic mass is 9.99. The van der Waals surface area contributed by atoms with Gasteiger partial charge in [-0.15, -0.1) is 0 Å². The number of hydrogen-bond acceptors (Lipinski definition) is 3. The summed E-state index contributed by atoms with van der Waals surface area (Å²) in [5, 5.41) is 0.418. The number of halogens is 2. The van der Waals surface area contributed by atoms with E-state index >= 15 is 0 Å². The highest BCUT2D eigenvalue weighted by atomic mass is 35.5. The summed E-state index contributed by atoms with van der Waals surface area (Å²) in [4.78, 5) is 0. The van der Waals surface area contributed by atoms with Crippen molar-refractivity contribution in [2.75, 3.05) is 6.61 Å². The maximum Gasteiger partial charge on any atom is 0.127 e. The Morgan fingerprint density at radius 3 is 2.67 bits per heavy atom. The molecule has 0 saturated carbocycles. The Labute approximate surface area is 112 Å². The summed E-state index contributed by atoms with van der Waals surface area (Å²) in [6.07, 6.45) is 1.14. The average molecular weight is 275 g/mol. The van der Waals surface area contributed by atoms with Crippen LogP contribution in [0.2, 0.25) is 5.02 Å². The molecule has 0 spiro atoms. The van der Waals surface area contributed by atoms with Crippen molar-refractivity contribution in [1.82, 2.24) is 5.43 Å². The number of rotatable bonds is 7. The molecule has 2 unspecified atom stereocenters. The molecule has 2 atom stereocenters. The second-order valence-corrected chi connectivity index (χ2v) is 4.49. The van der Waals surface area contributed by atoms with Crippen molar-refractivity contribution in [3.8, 4) is 0 Å². The highest BCUT2D eigenvalue weighted by Crippen LogP contribution is 2.22. The molecule has 0 radical (unpaired) electrons. The largest absolute Gasteiger partial charge is 0.377 e. The molecule has 102 valence electrons. The Morgan fingerprint density at radius 1 is 1.44 bits per heavy atom. The lowest BCUT2D eigenvalue weighted by molar-refractivity contribution is 0.0317. The van der Waals surface area contributed by atoms with Crippen LogP contribution in [0.15, 0.2) is 18.2 Å². The van der Waals surface area contributed by atoms with Crippen LogP contribution in [0.25, 0.3) is 0 Å². The number of hydrogen-bond donors (Lipinski definition) is 2. The predicted octanol–water partition coefficient (Wildman–Crippen LogP) is 2.67. The smallest absolute Gasteiger partial charge is 0.127 e. The van der Waals surface area contributed by atoms with Crippen LogP contribution in [0.1, 0.15) is 25.8 Å². The van der Waals surface area contributed by atoms with E-state index in [1.807, 2.05) is 13.8 Å². The van der Waals surface area contributed by atoms with E-state index in [1.54, 1.807) is 12.1 Å². The van der Waals surface area contributed by atoms with Gasteiger partial charge in [0.1, 0.15) is 5.82 Å². The summed E-state index contributed by atoms with van der Waals surface area (Å²) in [6.45, 7) is 4.53. The highest BCUT2D eigenvalue weighted by Gasteiger charge is 2.22. The van der Waals surface area contributed by atoms with E-state index in [-0.39, 0.29) is 18.0 Å². The second-order valence-electron chi connectivity index (χ2n) is 4.08. The molecule has 1 aromatic rings. The zero-order valence-electron chi connectivity index (χ0n) is 10.7. The van der Waals surface area contributed by atoms with Crippen LogP contribution in [0, 0.1) is 5.82 Å². The molecule has 0 saturated heterocycles. The summed E-state index contributed by atoms with van der Waals surface area (Å²) in [7, 11) is 0. The fraction of sp³-hybridized carbons (Fsp3) is 0.538. The monoisotopic (exact) mass is 274 g/mol. The van der Waals surface area contributed by atoms with Gasteiger partial charge in [0.2, 0.25) is 0 Å². The number of hydrazine groups is 1. The maximum absolute atomic E-state index is 13.7. The molecule has 0 aliphatic carbocycles. The molecule has 18 heavy (non-hydrogen) atoms. The molecule has 0 bridgehead atoms. The molecule has 0 fully saturated rings. The molecule has 1 aromatic carbocycles. The molecule has 0 heterocycles. The Balaban J connectivity index is 2.85. The lowest BCUT2D eigenvalue weighted by Gasteiger charge is -2.26. The highest BCUT2D eigenvalue weighted by molar-refractivity contribution is 6.31. The molecular weight excluding hydrogens is 255 g/mol. The lowest BCUT2D eigenvalue weighted by Crippen LogP contribution is -2.46. The van der Waals surface area contributed by atoms with Gasteiger partial charge in [0, 0.05) is 17.2 Å². The molecule has 5 heteroatoms. The van der Waals surface area contributed by atoms with Gasteiger partial charge in [-0.2, -0.15) is 0 Å². The van der Waals surface area contributed by atoms with Crippen molar-refractivity contribution in [3.63, 3.8) is 0 Å². The Morgan fingerprint density at radius 2 is 2.17 bits per heavy atom. The Bertz CT molecular complexity index is 356. The maximum atomic E-state index is 13.7. The van der Waals surface area contributed by atoms with Crippen LogP contribution in [-0.4, -0.2) is 18.8 Å². The van der Waals surface area contributed by atoms with Gasteiger partial charge in [-0.1, -0.05) is 24.6 Å². The molecule has 0 amide bonds. The van der Waals surface area contributed by atoms with Crippen LogP contribution < -0.4 is 11.3 Å². The van der Waals surface area contributed by atoms with Crippen molar-refractivity contribution in [2.24, 2.45) is 5.84 Å². The molecule has 1 rings (SSSR count). The van der Waals surface area contributed by atoms with Crippen molar-refractivity contribution >= 4 is 11.6 Å². The molecule has 0 aliphatic rings. The van der Waals surface area contributed by atoms with Gasteiger partial charge in [0.05, 0.1) is 12.1 Å². The third kappa shape index (κ3) is 3.92. The summed E-state index contributed by atoms with van der Waals surface area (Å²) < 4.78 is 19.3. The normalized spacial score (nSPS) is 14.5. The number of ether oxygens (including phenoxy) is 1. The molecule has 0 aliphatic heterocycles. The van der Waals surface area contributed by atoms with Crippen LogP contribution in [0.5, 0.6) is 0 Å². The first-order valence-corrected chi connectivity index (χ1v) is 6.52. The van der Waals surface area contributed by atoms with Crippen molar-refractivity contribution < 1.29 is 9.13 Å². The van der Waals surface area contributed by atoms with Crippen molar-refractivity contribution in [3.05, 3.63) is 34.6 Å². The third-order valence-electron chi connectivity index (χ3n) is 2.93. The van der Waals surface area contributed by atoms with Gasteiger partial charge in [-0.05, 0) is 31.9 Å². The van der Waals surface area contributed by atoms with Gasteiger partial charge in [-0.3, -0.25) is 11.3 Å². The van der Waals surface area contributed by atoms with E-state index in [1.165, 1.54) is 6.07 Å². The van der Waals surface area contributed by atoms with Crippen LogP contribution >= 0.6 is 11.6 Å². The summed E-state index contributed by atoms with van der Waals surface area (Å²) in [6, 6.07) is 4.50. The Kier molecular flexibility index (Phi) is 6.57. The number of benzene rings is 1. The van der Waals surface area contributed by atoms with Crippen LogP contribution in [-0.2, 0) is 11.2 Å². The number of nitrogens with two attached hydrogens (primary N) is 1. The number of nitrogens with one attached hydrogen (secondary N) is 1. The first-order chi connectivity index (χ1) is 8.63. The minimum Gasteiger partial charge on any atom is -0.377 e. The Hall–Kier alpha value is -0.680. The first kappa shape index (κ1) is 15.4. The van der Waals surface area contributed by atoms with Crippen molar-refractivity contribution in [2.45, 2.75) is 38.8 Å². The van der Waals surface area contributed by atoms with Crippen LogP contribution in [0.3, 0.4) is 0 Å². The van der Waals surface area contributed by atoms with Gasteiger partial charge in [0.15, 0.2) is 0 Å². The second kappa shape index (κ2) is 7.69. The minimum atomic E-state index is -0.311. The molecule has 0 aromatic heterocycles. The van der Waals surface area contributed by atoms with Gasteiger partial charge >= 0.3 is 0 Å². The third-order valence-corrected chi connectivity index (χ3v) is 3.29. The molecular formula is C13H20ClFN2O. The average Bonchev–Trinajstić information content (AvgIpc) is 2.36. The summed E-state index contributed by atoms with van der Waals surface area (Å²) >= 11 is 6.01. The fourth-order valence-corrected chi connectivity index (χ4v) is 2.22. The van der Waals surface area contributed by atoms with Gasteiger partial charge in [0.25, 0.3) is 0 Å². The topological polar surface area (TPSA) is 47.3 Å². The quantitative estimate of drug-likeness (QED) is 0.594. The van der Waals surface area contributed by atoms with Crippen LogP contribution in [0.4, 0.5) is 4.39 Å².